The number of fused-ring (bicyclic) bond motifs is 2. The van der Waals surface area contributed by atoms with Crippen molar-refractivity contribution in [3.63, 3.8) is 0 Å². The Hall–Kier alpha value is -2.33. The highest BCUT2D eigenvalue weighted by Crippen LogP contribution is 2.51. The van der Waals surface area contributed by atoms with E-state index in [1.54, 1.807) is 0 Å². The maximum atomic E-state index is 12.5. The molecule has 1 amide bonds. The Labute approximate surface area is 180 Å². The first-order chi connectivity index (χ1) is 14.3. The lowest BCUT2D eigenvalue weighted by atomic mass is 9.73. The maximum Gasteiger partial charge on any atom is 0.410 e. The number of benzene rings is 2. The molecule has 1 spiro atoms. The van der Waals surface area contributed by atoms with E-state index in [9.17, 15) is 4.79 Å². The van der Waals surface area contributed by atoms with E-state index in [1.165, 1.54) is 16.7 Å². The minimum atomic E-state index is -0.450. The molecule has 1 heterocycles. The van der Waals surface area contributed by atoms with Gasteiger partial charge in [-0.3, -0.25) is 0 Å². The number of likely N-dealkylation sites (tertiary alicyclic amines) is 1. The molecule has 0 unspecified atom stereocenters. The SMILES string of the molecule is C[C@H](N[C@H]1CC2(CCN(C(=O)OC(C)(C)C)CC2)c2ccccc21)c1ccccc1. The molecule has 2 atom stereocenters. The molecule has 160 valence electrons. The molecule has 4 nitrogen and oxygen atoms in total. The Morgan fingerprint density at radius 2 is 1.70 bits per heavy atom. The molecular weight excluding hydrogens is 372 g/mol. The molecule has 0 radical (unpaired) electrons. The fourth-order valence-electron chi connectivity index (χ4n) is 5.10. The smallest absolute Gasteiger partial charge is 0.410 e. The number of ether oxygens (including phenoxy) is 1. The van der Waals surface area contributed by atoms with Crippen molar-refractivity contribution in [2.75, 3.05) is 13.1 Å². The van der Waals surface area contributed by atoms with Crippen LogP contribution in [0.5, 0.6) is 0 Å². The van der Waals surface area contributed by atoms with Gasteiger partial charge in [0.05, 0.1) is 0 Å². The van der Waals surface area contributed by atoms with E-state index in [0.717, 1.165) is 32.4 Å². The molecule has 1 N–H and O–H groups in total. The highest BCUT2D eigenvalue weighted by Gasteiger charge is 2.46. The molecule has 1 aliphatic carbocycles. The molecule has 0 aromatic heterocycles. The molecule has 0 saturated carbocycles. The van der Waals surface area contributed by atoms with E-state index < -0.39 is 5.60 Å². The van der Waals surface area contributed by atoms with Crippen molar-refractivity contribution in [1.82, 2.24) is 10.2 Å². The van der Waals surface area contributed by atoms with Crippen molar-refractivity contribution >= 4 is 6.09 Å². The topological polar surface area (TPSA) is 41.6 Å². The Bertz CT molecular complexity index is 879. The number of piperidine rings is 1. The number of nitrogens with zero attached hydrogens (tertiary/aromatic N) is 1. The summed E-state index contributed by atoms with van der Waals surface area (Å²) >= 11 is 0. The summed E-state index contributed by atoms with van der Waals surface area (Å²) in [6.45, 7) is 9.53. The van der Waals surface area contributed by atoms with Crippen LogP contribution in [0.25, 0.3) is 0 Å². The largest absolute Gasteiger partial charge is 0.444 e. The van der Waals surface area contributed by atoms with Crippen LogP contribution >= 0.6 is 0 Å². The Kier molecular flexibility index (Phi) is 5.63. The van der Waals surface area contributed by atoms with Crippen LogP contribution in [-0.4, -0.2) is 29.7 Å². The predicted octanol–water partition coefficient (Wildman–Crippen LogP) is 5.75. The van der Waals surface area contributed by atoms with E-state index >= 15 is 0 Å². The molecule has 2 aromatic rings. The Morgan fingerprint density at radius 3 is 2.37 bits per heavy atom. The fraction of sp³-hybridized carbons (Fsp3) is 0.500. The normalized spacial score (nSPS) is 21.3. The number of nitrogens with one attached hydrogen (secondary N) is 1. The van der Waals surface area contributed by atoms with Gasteiger partial charge in [0, 0.05) is 30.6 Å². The average molecular weight is 407 g/mol. The zero-order valence-electron chi connectivity index (χ0n) is 18.7. The molecule has 1 saturated heterocycles. The molecule has 1 aliphatic heterocycles. The number of rotatable bonds is 3. The van der Waals surface area contributed by atoms with Gasteiger partial charge in [0.15, 0.2) is 0 Å². The molecular formula is C26H34N2O2. The molecule has 4 rings (SSSR count). The lowest BCUT2D eigenvalue weighted by molar-refractivity contribution is 0.0160. The summed E-state index contributed by atoms with van der Waals surface area (Å²) in [4.78, 5) is 14.4. The summed E-state index contributed by atoms with van der Waals surface area (Å²) in [5, 5.41) is 3.88. The van der Waals surface area contributed by atoms with Gasteiger partial charge in [-0.15, -0.1) is 0 Å². The fourth-order valence-corrected chi connectivity index (χ4v) is 5.10. The van der Waals surface area contributed by atoms with Crippen LogP contribution in [0.3, 0.4) is 0 Å². The Balaban J connectivity index is 1.49. The van der Waals surface area contributed by atoms with Crippen LogP contribution < -0.4 is 5.32 Å². The summed E-state index contributed by atoms with van der Waals surface area (Å²) in [6, 6.07) is 20.2. The van der Waals surface area contributed by atoms with Crippen molar-refractivity contribution in [2.45, 2.75) is 70.1 Å². The lowest BCUT2D eigenvalue weighted by Gasteiger charge is -2.40. The van der Waals surface area contributed by atoms with Gasteiger partial charge < -0.3 is 15.0 Å². The van der Waals surface area contributed by atoms with Crippen LogP contribution in [-0.2, 0) is 10.2 Å². The van der Waals surface area contributed by atoms with E-state index in [0.29, 0.717) is 12.1 Å². The van der Waals surface area contributed by atoms with Gasteiger partial charge >= 0.3 is 6.09 Å². The van der Waals surface area contributed by atoms with Gasteiger partial charge in [0.1, 0.15) is 5.60 Å². The summed E-state index contributed by atoms with van der Waals surface area (Å²) in [5.74, 6) is 0. The third-order valence-electron chi connectivity index (χ3n) is 6.63. The van der Waals surface area contributed by atoms with Crippen molar-refractivity contribution in [2.24, 2.45) is 0 Å². The zero-order valence-corrected chi connectivity index (χ0v) is 18.7. The Morgan fingerprint density at radius 1 is 1.07 bits per heavy atom. The quantitative estimate of drug-likeness (QED) is 0.705. The van der Waals surface area contributed by atoms with Crippen LogP contribution in [0.2, 0.25) is 0 Å². The molecule has 2 aromatic carbocycles. The number of carbonyl (C=O) groups is 1. The third kappa shape index (κ3) is 4.24. The van der Waals surface area contributed by atoms with Gasteiger partial charge in [0.25, 0.3) is 0 Å². The lowest BCUT2D eigenvalue weighted by Crippen LogP contribution is -2.46. The van der Waals surface area contributed by atoms with E-state index in [2.05, 4.69) is 66.8 Å². The average Bonchev–Trinajstić information content (AvgIpc) is 3.01. The van der Waals surface area contributed by atoms with Gasteiger partial charge in [-0.05, 0) is 63.6 Å². The van der Waals surface area contributed by atoms with E-state index in [4.69, 9.17) is 4.74 Å². The van der Waals surface area contributed by atoms with Crippen LogP contribution in [0.15, 0.2) is 54.6 Å². The first-order valence-corrected chi connectivity index (χ1v) is 11.2. The molecule has 30 heavy (non-hydrogen) atoms. The number of hydrogen-bond acceptors (Lipinski definition) is 3. The highest BCUT2D eigenvalue weighted by atomic mass is 16.6. The monoisotopic (exact) mass is 406 g/mol. The van der Waals surface area contributed by atoms with Crippen molar-refractivity contribution in [3.05, 3.63) is 71.3 Å². The third-order valence-corrected chi connectivity index (χ3v) is 6.63. The second kappa shape index (κ2) is 8.07. The minimum absolute atomic E-state index is 0.142. The first kappa shape index (κ1) is 20.9. The van der Waals surface area contributed by atoms with Crippen LogP contribution in [0.4, 0.5) is 4.79 Å². The van der Waals surface area contributed by atoms with Crippen molar-refractivity contribution in [3.8, 4) is 0 Å². The minimum Gasteiger partial charge on any atom is -0.444 e. The molecule has 2 aliphatic rings. The zero-order chi connectivity index (χ0) is 21.4. The van der Waals surface area contributed by atoms with Crippen molar-refractivity contribution in [1.29, 1.82) is 0 Å². The van der Waals surface area contributed by atoms with Gasteiger partial charge in [-0.2, -0.15) is 0 Å². The number of carbonyl (C=O) groups excluding carboxylic acids is 1. The highest BCUT2D eigenvalue weighted by molar-refractivity contribution is 5.68. The van der Waals surface area contributed by atoms with Crippen molar-refractivity contribution < 1.29 is 9.53 Å². The van der Waals surface area contributed by atoms with Crippen LogP contribution in [0, 0.1) is 0 Å². The van der Waals surface area contributed by atoms with Gasteiger partial charge in [-0.1, -0.05) is 54.6 Å². The van der Waals surface area contributed by atoms with Crippen LogP contribution in [0.1, 0.15) is 75.7 Å². The van der Waals surface area contributed by atoms with E-state index in [1.807, 2.05) is 25.7 Å². The molecule has 1 fully saturated rings. The first-order valence-electron chi connectivity index (χ1n) is 11.2. The summed E-state index contributed by atoms with van der Waals surface area (Å²) in [5.41, 5.74) is 3.89. The standard InChI is InChI=1S/C26H34N2O2/c1-19(20-10-6-5-7-11-20)27-23-18-26(22-13-9-8-12-21(22)23)14-16-28(17-15-26)24(29)30-25(2,3)4/h5-13,19,23,27H,14-18H2,1-4H3/t19-,23-/m0/s1. The predicted molar refractivity (Wildman–Crippen MR) is 121 cm³/mol. The summed E-state index contributed by atoms with van der Waals surface area (Å²) in [7, 11) is 0. The number of amides is 1. The second-order valence-electron chi connectivity index (χ2n) is 9.89. The number of hydrogen-bond donors (Lipinski definition) is 1. The van der Waals surface area contributed by atoms with Gasteiger partial charge in [0.2, 0.25) is 0 Å². The van der Waals surface area contributed by atoms with Gasteiger partial charge in [-0.25, -0.2) is 4.79 Å². The van der Waals surface area contributed by atoms with E-state index in [-0.39, 0.29) is 11.5 Å². The summed E-state index contributed by atoms with van der Waals surface area (Å²) < 4.78 is 5.60. The second-order valence-corrected chi connectivity index (χ2v) is 9.89. The summed E-state index contributed by atoms with van der Waals surface area (Å²) in [6.07, 6.45) is 2.88. The molecule has 4 heteroatoms. The maximum absolute atomic E-state index is 12.5. The molecule has 0 bridgehead atoms.